The molecule has 0 atom stereocenters. The summed E-state index contributed by atoms with van der Waals surface area (Å²) in [4.78, 5) is 18.8. The highest BCUT2D eigenvalue weighted by molar-refractivity contribution is 5.93. The van der Waals surface area contributed by atoms with E-state index in [1.807, 2.05) is 39.8 Å². The fraction of sp³-hybridized carbons (Fsp3) is 0.412. The summed E-state index contributed by atoms with van der Waals surface area (Å²) in [6.45, 7) is 2.57. The maximum atomic E-state index is 12.8. The number of carbonyl (C=O) groups is 1. The minimum atomic E-state index is -0.462. The second kappa shape index (κ2) is 5.79. The molecule has 120 valence electrons. The van der Waals surface area contributed by atoms with E-state index in [-0.39, 0.29) is 5.91 Å². The van der Waals surface area contributed by atoms with Gasteiger partial charge in [0.2, 0.25) is 0 Å². The van der Waals surface area contributed by atoms with Crippen LogP contribution in [0.15, 0.2) is 42.9 Å². The van der Waals surface area contributed by atoms with Gasteiger partial charge in [0, 0.05) is 31.6 Å². The average Bonchev–Trinajstić information content (AvgIpc) is 3.26. The third-order valence-electron chi connectivity index (χ3n) is 4.52. The van der Waals surface area contributed by atoms with Gasteiger partial charge in [0.25, 0.3) is 5.91 Å². The monoisotopic (exact) mass is 313 g/mol. The van der Waals surface area contributed by atoms with Crippen molar-refractivity contribution < 1.29 is 14.3 Å². The number of piperidine rings is 1. The Morgan fingerprint density at radius 1 is 1.09 bits per heavy atom. The molecule has 0 bridgehead atoms. The van der Waals surface area contributed by atoms with Crippen LogP contribution < -0.4 is 0 Å². The number of para-hydroxylation sites is 1. The average molecular weight is 313 g/mol. The first-order chi connectivity index (χ1) is 11.3. The van der Waals surface area contributed by atoms with Crippen LogP contribution in [0.5, 0.6) is 0 Å². The molecule has 2 aromatic rings. The van der Waals surface area contributed by atoms with E-state index in [0.717, 1.165) is 18.5 Å². The molecule has 6 heteroatoms. The Kier molecular flexibility index (Phi) is 3.63. The predicted molar refractivity (Wildman–Crippen MR) is 83.3 cm³/mol. The molecule has 3 heterocycles. The molecule has 1 amide bonds. The Balaban J connectivity index is 1.51. The van der Waals surface area contributed by atoms with Gasteiger partial charge in [0.05, 0.1) is 25.7 Å². The van der Waals surface area contributed by atoms with Gasteiger partial charge in [-0.2, -0.15) is 0 Å². The minimum Gasteiger partial charge on any atom is -0.347 e. The Labute approximate surface area is 134 Å². The van der Waals surface area contributed by atoms with E-state index in [1.54, 1.807) is 12.5 Å². The second-order valence-electron chi connectivity index (χ2n) is 5.88. The number of hydrogen-bond acceptors (Lipinski definition) is 4. The Bertz CT molecular complexity index is 682. The SMILES string of the molecule is O=C(c1cncn1-c1ccccc1)N1CCC2(CC1)OCCO2. The predicted octanol–water partition coefficient (Wildman–Crippen LogP) is 1.85. The molecule has 2 aliphatic heterocycles. The first kappa shape index (κ1) is 14.4. The van der Waals surface area contributed by atoms with Gasteiger partial charge in [-0.05, 0) is 12.1 Å². The molecule has 2 saturated heterocycles. The Morgan fingerprint density at radius 3 is 2.48 bits per heavy atom. The zero-order valence-corrected chi connectivity index (χ0v) is 12.9. The van der Waals surface area contributed by atoms with Gasteiger partial charge in [-0.15, -0.1) is 0 Å². The van der Waals surface area contributed by atoms with Crippen molar-refractivity contribution >= 4 is 5.91 Å². The molecule has 6 nitrogen and oxygen atoms in total. The highest BCUT2D eigenvalue weighted by Crippen LogP contribution is 2.31. The van der Waals surface area contributed by atoms with Gasteiger partial charge in [-0.1, -0.05) is 18.2 Å². The summed E-state index contributed by atoms with van der Waals surface area (Å²) >= 11 is 0. The lowest BCUT2D eigenvalue weighted by Gasteiger charge is -2.37. The van der Waals surface area contributed by atoms with Crippen molar-refractivity contribution in [2.45, 2.75) is 18.6 Å². The molecule has 0 saturated carbocycles. The van der Waals surface area contributed by atoms with Crippen LogP contribution in [0, 0.1) is 0 Å². The van der Waals surface area contributed by atoms with E-state index in [2.05, 4.69) is 4.98 Å². The molecule has 23 heavy (non-hydrogen) atoms. The number of carbonyl (C=O) groups excluding carboxylic acids is 1. The molecule has 0 N–H and O–H groups in total. The maximum Gasteiger partial charge on any atom is 0.272 e. The van der Waals surface area contributed by atoms with E-state index < -0.39 is 5.79 Å². The number of amides is 1. The summed E-state index contributed by atoms with van der Waals surface area (Å²) in [5, 5.41) is 0. The molecule has 1 aromatic heterocycles. The summed E-state index contributed by atoms with van der Waals surface area (Å²) in [5.74, 6) is -0.463. The quantitative estimate of drug-likeness (QED) is 0.849. The van der Waals surface area contributed by atoms with Gasteiger partial charge in [-0.3, -0.25) is 9.36 Å². The van der Waals surface area contributed by atoms with Crippen molar-refractivity contribution in [3.8, 4) is 5.69 Å². The second-order valence-corrected chi connectivity index (χ2v) is 5.88. The zero-order valence-electron chi connectivity index (χ0n) is 12.9. The minimum absolute atomic E-state index is 0.000741. The number of rotatable bonds is 2. The molecule has 4 rings (SSSR count). The molecule has 1 spiro atoms. The van der Waals surface area contributed by atoms with E-state index in [0.29, 0.717) is 32.0 Å². The third kappa shape index (κ3) is 2.64. The van der Waals surface area contributed by atoms with Crippen LogP contribution in [0.25, 0.3) is 5.69 Å². The fourth-order valence-electron chi connectivity index (χ4n) is 3.25. The standard InChI is InChI=1S/C17H19N3O3/c21-16(19-8-6-17(7-9-19)22-10-11-23-17)15-12-18-13-20(15)14-4-2-1-3-5-14/h1-5,12-13H,6-11H2. The first-order valence-corrected chi connectivity index (χ1v) is 7.92. The van der Waals surface area contributed by atoms with Gasteiger partial charge in [-0.25, -0.2) is 4.98 Å². The first-order valence-electron chi connectivity index (χ1n) is 7.92. The lowest BCUT2D eigenvalue weighted by Crippen LogP contribution is -2.47. The number of ether oxygens (including phenoxy) is 2. The molecule has 0 aliphatic carbocycles. The molecule has 0 unspecified atom stereocenters. The van der Waals surface area contributed by atoms with Crippen LogP contribution >= 0.6 is 0 Å². The number of aromatic nitrogens is 2. The summed E-state index contributed by atoms with van der Waals surface area (Å²) in [5.41, 5.74) is 1.52. The number of benzene rings is 1. The van der Waals surface area contributed by atoms with Crippen molar-refractivity contribution in [1.29, 1.82) is 0 Å². The van der Waals surface area contributed by atoms with Crippen LogP contribution in [0.3, 0.4) is 0 Å². The number of hydrogen-bond donors (Lipinski definition) is 0. The highest BCUT2D eigenvalue weighted by Gasteiger charge is 2.41. The van der Waals surface area contributed by atoms with Crippen LogP contribution in [0.1, 0.15) is 23.3 Å². The Morgan fingerprint density at radius 2 is 1.78 bits per heavy atom. The van der Waals surface area contributed by atoms with Gasteiger partial charge < -0.3 is 14.4 Å². The van der Waals surface area contributed by atoms with Gasteiger partial charge >= 0.3 is 0 Å². The lowest BCUT2D eigenvalue weighted by molar-refractivity contribution is -0.181. The summed E-state index contributed by atoms with van der Waals surface area (Å²) in [6, 6.07) is 9.77. The van der Waals surface area contributed by atoms with Crippen LogP contribution in [-0.4, -0.2) is 52.4 Å². The van der Waals surface area contributed by atoms with Crippen LogP contribution in [0.2, 0.25) is 0 Å². The van der Waals surface area contributed by atoms with Crippen molar-refractivity contribution in [2.24, 2.45) is 0 Å². The van der Waals surface area contributed by atoms with Crippen LogP contribution in [-0.2, 0) is 9.47 Å². The normalized spacial score (nSPS) is 20.1. The van der Waals surface area contributed by atoms with Crippen LogP contribution in [0.4, 0.5) is 0 Å². The van der Waals surface area contributed by atoms with Crippen molar-refractivity contribution in [1.82, 2.24) is 14.5 Å². The smallest absolute Gasteiger partial charge is 0.272 e. The number of nitrogens with zero attached hydrogens (tertiary/aromatic N) is 3. The van der Waals surface area contributed by atoms with Crippen molar-refractivity contribution in [2.75, 3.05) is 26.3 Å². The van der Waals surface area contributed by atoms with E-state index in [4.69, 9.17) is 9.47 Å². The van der Waals surface area contributed by atoms with E-state index in [9.17, 15) is 4.79 Å². The largest absolute Gasteiger partial charge is 0.347 e. The fourth-order valence-corrected chi connectivity index (χ4v) is 3.25. The van der Waals surface area contributed by atoms with Crippen molar-refractivity contribution in [3.05, 3.63) is 48.5 Å². The lowest BCUT2D eigenvalue weighted by atomic mass is 10.0. The number of likely N-dealkylation sites (tertiary alicyclic amines) is 1. The number of imidazole rings is 1. The highest BCUT2D eigenvalue weighted by atomic mass is 16.7. The van der Waals surface area contributed by atoms with Gasteiger partial charge in [0.15, 0.2) is 5.79 Å². The molecule has 2 aliphatic rings. The Hall–Kier alpha value is -2.18. The summed E-state index contributed by atoms with van der Waals surface area (Å²) < 4.78 is 13.3. The summed E-state index contributed by atoms with van der Waals surface area (Å²) in [7, 11) is 0. The maximum absolute atomic E-state index is 12.8. The molecular formula is C17H19N3O3. The zero-order chi connectivity index (χ0) is 15.7. The third-order valence-corrected chi connectivity index (χ3v) is 4.52. The molecule has 0 radical (unpaired) electrons. The molecule has 2 fully saturated rings. The topological polar surface area (TPSA) is 56.6 Å². The van der Waals surface area contributed by atoms with Crippen molar-refractivity contribution in [3.63, 3.8) is 0 Å². The molecular weight excluding hydrogens is 294 g/mol. The van der Waals surface area contributed by atoms with E-state index in [1.165, 1.54) is 0 Å². The molecule has 1 aromatic carbocycles. The van der Waals surface area contributed by atoms with Gasteiger partial charge in [0.1, 0.15) is 5.69 Å². The van der Waals surface area contributed by atoms with E-state index >= 15 is 0 Å². The summed E-state index contributed by atoms with van der Waals surface area (Å²) in [6.07, 6.45) is 4.75.